The van der Waals surface area contributed by atoms with Gasteiger partial charge in [-0.15, -0.1) is 0 Å². The maximum absolute atomic E-state index is 12.8. The van der Waals surface area contributed by atoms with Crippen molar-refractivity contribution < 1.29 is 28.7 Å². The van der Waals surface area contributed by atoms with E-state index in [1.165, 1.54) is 0 Å². The van der Waals surface area contributed by atoms with Crippen molar-refractivity contribution in [1.29, 1.82) is 0 Å². The number of nitrogens with zero attached hydrogens (tertiary/aromatic N) is 4. The Bertz CT molecular complexity index is 679. The smallest absolute Gasteiger partial charge is 0.320 e. The summed E-state index contributed by atoms with van der Waals surface area (Å²) >= 11 is 0. The van der Waals surface area contributed by atoms with Gasteiger partial charge in [-0.3, -0.25) is 14.4 Å². The van der Waals surface area contributed by atoms with Gasteiger partial charge in [0.25, 0.3) is 0 Å². The third kappa shape index (κ3) is 7.62. The molecular formula is C21H34N4O6. The monoisotopic (exact) mass is 438 g/mol. The molecule has 2 fully saturated rings. The van der Waals surface area contributed by atoms with E-state index in [4.69, 9.17) is 9.47 Å². The highest BCUT2D eigenvalue weighted by molar-refractivity contribution is 5.95. The lowest BCUT2D eigenvalue weighted by molar-refractivity contribution is -0.139. The fourth-order valence-electron chi connectivity index (χ4n) is 3.27. The molecule has 0 atom stereocenters. The molecule has 0 radical (unpaired) electrons. The number of rotatable bonds is 8. The molecule has 0 aromatic rings. The molecule has 0 aliphatic carbocycles. The molecule has 2 saturated heterocycles. The number of ketones is 1. The number of carbonyl (C=O) groups is 4. The van der Waals surface area contributed by atoms with Crippen LogP contribution in [0.5, 0.6) is 0 Å². The Morgan fingerprint density at radius 1 is 0.742 bits per heavy atom. The first kappa shape index (κ1) is 24.8. The van der Waals surface area contributed by atoms with Gasteiger partial charge < -0.3 is 29.1 Å². The zero-order valence-electron chi connectivity index (χ0n) is 18.8. The van der Waals surface area contributed by atoms with Crippen molar-refractivity contribution in [3.05, 3.63) is 12.2 Å². The minimum absolute atomic E-state index is 0.00256. The lowest BCUT2D eigenvalue weighted by Gasteiger charge is -2.40. The number of hydrogen-bond donors (Lipinski definition) is 0. The molecule has 174 valence electrons. The molecule has 2 aliphatic rings. The second-order valence-electron chi connectivity index (χ2n) is 8.07. The highest BCUT2D eigenvalue weighted by Gasteiger charge is 2.30. The van der Waals surface area contributed by atoms with Crippen LogP contribution in [0, 0.1) is 0 Å². The molecule has 0 N–H and O–H groups in total. The normalized spacial score (nSPS) is 17.2. The van der Waals surface area contributed by atoms with Crippen LogP contribution in [0.1, 0.15) is 20.8 Å². The van der Waals surface area contributed by atoms with Gasteiger partial charge in [0.1, 0.15) is 19.8 Å². The fourth-order valence-corrected chi connectivity index (χ4v) is 3.27. The number of amides is 4. The molecule has 0 aromatic heterocycles. The Kier molecular flexibility index (Phi) is 9.44. The molecular weight excluding hydrogens is 404 g/mol. The molecule has 0 spiro atoms. The van der Waals surface area contributed by atoms with Gasteiger partial charge in [-0.05, 0) is 26.3 Å². The number of ether oxygens (including phenoxy) is 2. The molecule has 2 heterocycles. The minimum atomic E-state index is -0.225. The van der Waals surface area contributed by atoms with Crippen LogP contribution in [0.15, 0.2) is 12.2 Å². The highest BCUT2D eigenvalue weighted by atomic mass is 16.5. The van der Waals surface area contributed by atoms with E-state index in [1.54, 1.807) is 26.5 Å². The average molecular weight is 439 g/mol. The van der Waals surface area contributed by atoms with E-state index < -0.39 is 0 Å². The predicted octanol–water partition coefficient (Wildman–Crippen LogP) is -0.0184. The van der Waals surface area contributed by atoms with Crippen LogP contribution < -0.4 is 0 Å². The summed E-state index contributed by atoms with van der Waals surface area (Å²) in [5.74, 6) is -0.477. The summed E-state index contributed by atoms with van der Waals surface area (Å²) in [5.41, 5.74) is 0.397. The molecule has 4 amide bonds. The first-order valence-electron chi connectivity index (χ1n) is 10.7. The Morgan fingerprint density at radius 3 is 1.58 bits per heavy atom. The lowest BCUT2D eigenvalue weighted by atomic mass is 10.2. The number of piperazine rings is 2. The van der Waals surface area contributed by atoms with E-state index in [0.717, 1.165) is 0 Å². The van der Waals surface area contributed by atoms with Crippen molar-refractivity contribution in [3.63, 3.8) is 0 Å². The highest BCUT2D eigenvalue weighted by Crippen LogP contribution is 2.10. The zero-order chi connectivity index (χ0) is 23.0. The average Bonchev–Trinajstić information content (AvgIpc) is 2.76. The van der Waals surface area contributed by atoms with Gasteiger partial charge >= 0.3 is 6.03 Å². The van der Waals surface area contributed by atoms with Gasteiger partial charge in [-0.2, -0.15) is 0 Å². The Balaban J connectivity index is 1.69. The maximum Gasteiger partial charge on any atom is 0.320 e. The second-order valence-corrected chi connectivity index (χ2v) is 8.07. The molecule has 0 unspecified atom stereocenters. The summed E-state index contributed by atoms with van der Waals surface area (Å²) in [6.45, 7) is 12.3. The van der Waals surface area contributed by atoms with Crippen LogP contribution >= 0.6 is 0 Å². The largest absolute Gasteiger partial charge is 0.369 e. The summed E-state index contributed by atoms with van der Waals surface area (Å²) in [5, 5.41) is 0. The Labute approximate surface area is 183 Å². The van der Waals surface area contributed by atoms with E-state index >= 15 is 0 Å². The molecule has 2 rings (SSSR count). The summed E-state index contributed by atoms with van der Waals surface area (Å²) in [4.78, 5) is 55.5. The fraction of sp³-hybridized carbons (Fsp3) is 0.714. The summed E-state index contributed by atoms with van der Waals surface area (Å²) < 4.78 is 10.5. The minimum Gasteiger partial charge on any atom is -0.369 e. The van der Waals surface area contributed by atoms with Crippen LogP contribution in [0.4, 0.5) is 4.79 Å². The van der Waals surface area contributed by atoms with E-state index in [9.17, 15) is 19.2 Å². The van der Waals surface area contributed by atoms with Crippen LogP contribution in [-0.4, -0.2) is 122 Å². The van der Waals surface area contributed by atoms with E-state index in [2.05, 4.69) is 6.58 Å². The Morgan fingerprint density at radius 2 is 1.16 bits per heavy atom. The topological polar surface area (TPSA) is 99.7 Å². The zero-order valence-corrected chi connectivity index (χ0v) is 18.8. The predicted molar refractivity (Wildman–Crippen MR) is 113 cm³/mol. The number of urea groups is 1. The molecule has 0 aromatic carbocycles. The van der Waals surface area contributed by atoms with Crippen molar-refractivity contribution in [2.75, 3.05) is 72.2 Å². The SMILES string of the molecule is C=C(C)C(=O)COCC(=O)N1CCN(C(=O)N2CCN(C(=O)COC(C)C)CC2)CC1. The second kappa shape index (κ2) is 11.8. The van der Waals surface area contributed by atoms with Gasteiger partial charge in [0.15, 0.2) is 5.78 Å². The van der Waals surface area contributed by atoms with Crippen LogP contribution in [0.25, 0.3) is 0 Å². The standard InChI is InChI=1S/C21H34N4O6/c1-16(2)18(26)13-30-14-19(27)22-5-9-24(10-6-22)21(29)25-11-7-23(8-12-25)20(28)15-31-17(3)4/h17H,1,5-15H2,2-4H3. The molecule has 10 nitrogen and oxygen atoms in total. The maximum atomic E-state index is 12.8. The third-order valence-corrected chi connectivity index (χ3v) is 5.28. The molecule has 10 heteroatoms. The molecule has 0 bridgehead atoms. The van der Waals surface area contributed by atoms with Crippen molar-refractivity contribution in [1.82, 2.24) is 19.6 Å². The van der Waals surface area contributed by atoms with Crippen LogP contribution in [0.3, 0.4) is 0 Å². The molecule has 2 aliphatic heterocycles. The summed E-state index contributed by atoms with van der Waals surface area (Å²) in [6.07, 6.45) is 0.00256. The van der Waals surface area contributed by atoms with E-state index in [-0.39, 0.29) is 49.6 Å². The number of carbonyl (C=O) groups excluding carboxylic acids is 4. The van der Waals surface area contributed by atoms with E-state index in [1.807, 2.05) is 13.8 Å². The lowest BCUT2D eigenvalue weighted by Crippen LogP contribution is -2.58. The van der Waals surface area contributed by atoms with Crippen molar-refractivity contribution in [2.24, 2.45) is 0 Å². The van der Waals surface area contributed by atoms with Gasteiger partial charge in [0, 0.05) is 52.4 Å². The van der Waals surface area contributed by atoms with Crippen molar-refractivity contribution >= 4 is 23.6 Å². The first-order chi connectivity index (χ1) is 14.7. The van der Waals surface area contributed by atoms with Crippen LogP contribution in [-0.2, 0) is 23.9 Å². The van der Waals surface area contributed by atoms with Gasteiger partial charge in [0.2, 0.25) is 11.8 Å². The van der Waals surface area contributed by atoms with Gasteiger partial charge in [-0.25, -0.2) is 4.79 Å². The first-order valence-corrected chi connectivity index (χ1v) is 10.7. The Hall–Kier alpha value is -2.46. The number of hydrogen-bond acceptors (Lipinski definition) is 6. The molecule has 31 heavy (non-hydrogen) atoms. The van der Waals surface area contributed by atoms with Gasteiger partial charge in [0.05, 0.1) is 6.10 Å². The van der Waals surface area contributed by atoms with Crippen LogP contribution in [0.2, 0.25) is 0 Å². The summed E-state index contributed by atoms with van der Waals surface area (Å²) in [6, 6.07) is -0.0686. The third-order valence-electron chi connectivity index (χ3n) is 5.28. The van der Waals surface area contributed by atoms with Crippen molar-refractivity contribution in [3.8, 4) is 0 Å². The quantitative estimate of drug-likeness (QED) is 0.494. The summed E-state index contributed by atoms with van der Waals surface area (Å²) in [7, 11) is 0. The number of Topliss-reactive ketones (excluding diaryl/α,β-unsaturated/α-hetero) is 1. The molecule has 0 saturated carbocycles. The van der Waals surface area contributed by atoms with E-state index in [0.29, 0.717) is 57.9 Å². The van der Waals surface area contributed by atoms with Crippen molar-refractivity contribution in [2.45, 2.75) is 26.9 Å². The van der Waals surface area contributed by atoms with Gasteiger partial charge in [-0.1, -0.05) is 6.58 Å².